The molecule has 2 rings (SSSR count). The van der Waals surface area contributed by atoms with E-state index in [9.17, 15) is 0 Å². The number of hydrogen-bond donors (Lipinski definition) is 1. The lowest BCUT2D eigenvalue weighted by Crippen LogP contribution is -2.14. The Morgan fingerprint density at radius 3 is 2.24 bits per heavy atom. The number of hydrogen-bond acceptors (Lipinski definition) is 2. The maximum Gasteiger partial charge on any atom is 0.0352 e. The van der Waals surface area contributed by atoms with Crippen LogP contribution in [0.25, 0.3) is 10.1 Å². The van der Waals surface area contributed by atoms with E-state index in [0.29, 0.717) is 6.54 Å². The topological polar surface area (TPSA) is 26.0 Å². The fraction of sp³-hybridized carbons (Fsp3) is 0.467. The fourth-order valence-corrected chi connectivity index (χ4v) is 3.74. The van der Waals surface area contributed by atoms with E-state index in [0.717, 1.165) is 0 Å². The molecule has 0 radical (unpaired) electrons. The molecule has 17 heavy (non-hydrogen) atoms. The van der Waals surface area contributed by atoms with E-state index in [1.54, 1.807) is 0 Å². The third-order valence-electron chi connectivity index (χ3n) is 3.31. The van der Waals surface area contributed by atoms with Crippen molar-refractivity contribution < 1.29 is 0 Å². The SMILES string of the molecule is Cc1cc2sc(CN)c(C(C)(C)C)c2cc1C. The van der Waals surface area contributed by atoms with Crippen molar-refractivity contribution in [3.8, 4) is 0 Å². The summed E-state index contributed by atoms with van der Waals surface area (Å²) in [6.07, 6.45) is 0. The molecule has 0 saturated heterocycles. The maximum atomic E-state index is 5.90. The first kappa shape index (κ1) is 12.6. The first-order valence-electron chi connectivity index (χ1n) is 6.07. The van der Waals surface area contributed by atoms with Gasteiger partial charge in [-0.3, -0.25) is 0 Å². The summed E-state index contributed by atoms with van der Waals surface area (Å²) in [7, 11) is 0. The van der Waals surface area contributed by atoms with Gasteiger partial charge >= 0.3 is 0 Å². The molecule has 1 aromatic heterocycles. The van der Waals surface area contributed by atoms with Crippen LogP contribution in [-0.2, 0) is 12.0 Å². The molecule has 2 aromatic rings. The van der Waals surface area contributed by atoms with Crippen molar-refractivity contribution in [3.63, 3.8) is 0 Å². The molecule has 0 spiro atoms. The second-order valence-electron chi connectivity index (χ2n) is 5.79. The summed E-state index contributed by atoms with van der Waals surface area (Å²) >= 11 is 1.85. The van der Waals surface area contributed by atoms with E-state index in [1.807, 2.05) is 11.3 Å². The number of benzene rings is 1. The quantitative estimate of drug-likeness (QED) is 0.800. The number of nitrogens with two attached hydrogens (primary N) is 1. The van der Waals surface area contributed by atoms with Crippen LogP contribution in [-0.4, -0.2) is 0 Å². The second-order valence-corrected chi connectivity index (χ2v) is 6.92. The Balaban J connectivity index is 2.84. The lowest BCUT2D eigenvalue weighted by Gasteiger charge is -2.20. The lowest BCUT2D eigenvalue weighted by molar-refractivity contribution is 0.591. The number of thiophene rings is 1. The van der Waals surface area contributed by atoms with Gasteiger partial charge in [0.2, 0.25) is 0 Å². The summed E-state index contributed by atoms with van der Waals surface area (Å²) in [5, 5.41) is 1.39. The third-order valence-corrected chi connectivity index (χ3v) is 4.49. The molecular weight excluding hydrogens is 226 g/mol. The van der Waals surface area contributed by atoms with Crippen LogP contribution in [0.3, 0.4) is 0 Å². The van der Waals surface area contributed by atoms with Crippen molar-refractivity contribution in [2.45, 2.75) is 46.6 Å². The molecular formula is C15H21NS. The predicted octanol–water partition coefficient (Wildman–Crippen LogP) is 4.27. The monoisotopic (exact) mass is 247 g/mol. The van der Waals surface area contributed by atoms with Gasteiger partial charge in [0.15, 0.2) is 0 Å². The molecule has 0 aliphatic carbocycles. The van der Waals surface area contributed by atoms with Crippen LogP contribution in [0.2, 0.25) is 0 Å². The second kappa shape index (κ2) is 4.11. The minimum absolute atomic E-state index is 0.161. The molecule has 1 aromatic carbocycles. The molecule has 1 nitrogen and oxygen atoms in total. The molecule has 0 aliphatic heterocycles. The first-order valence-corrected chi connectivity index (χ1v) is 6.89. The van der Waals surface area contributed by atoms with E-state index in [-0.39, 0.29) is 5.41 Å². The summed E-state index contributed by atoms with van der Waals surface area (Å²) in [5.41, 5.74) is 10.2. The Morgan fingerprint density at radius 1 is 1.12 bits per heavy atom. The normalized spacial score (nSPS) is 12.4. The highest BCUT2D eigenvalue weighted by Crippen LogP contribution is 2.39. The number of aryl methyl sites for hydroxylation is 2. The average Bonchev–Trinajstić information content (AvgIpc) is 2.56. The van der Waals surface area contributed by atoms with Gasteiger partial charge in [0, 0.05) is 16.1 Å². The van der Waals surface area contributed by atoms with Crippen LogP contribution < -0.4 is 5.73 Å². The van der Waals surface area contributed by atoms with Gasteiger partial charge in [-0.05, 0) is 47.4 Å². The molecule has 1 heterocycles. The van der Waals surface area contributed by atoms with E-state index in [2.05, 4.69) is 46.8 Å². The van der Waals surface area contributed by atoms with Crippen molar-refractivity contribution in [2.24, 2.45) is 5.73 Å². The van der Waals surface area contributed by atoms with E-state index < -0.39 is 0 Å². The predicted molar refractivity (Wildman–Crippen MR) is 77.9 cm³/mol. The average molecular weight is 247 g/mol. The molecule has 0 bridgehead atoms. The largest absolute Gasteiger partial charge is 0.326 e. The van der Waals surface area contributed by atoms with Gasteiger partial charge in [0.25, 0.3) is 0 Å². The molecule has 0 unspecified atom stereocenters. The zero-order valence-electron chi connectivity index (χ0n) is 11.3. The van der Waals surface area contributed by atoms with Crippen LogP contribution in [0.1, 0.15) is 42.3 Å². The summed E-state index contributed by atoms with van der Waals surface area (Å²) in [4.78, 5) is 1.33. The molecule has 0 fully saturated rings. The summed E-state index contributed by atoms with van der Waals surface area (Å²) < 4.78 is 1.37. The lowest BCUT2D eigenvalue weighted by atomic mass is 9.84. The molecule has 2 N–H and O–H groups in total. The summed E-state index contributed by atoms with van der Waals surface area (Å²) in [6, 6.07) is 4.62. The van der Waals surface area contributed by atoms with Crippen LogP contribution in [0, 0.1) is 13.8 Å². The molecule has 2 heteroatoms. The van der Waals surface area contributed by atoms with Gasteiger partial charge in [0.1, 0.15) is 0 Å². The highest BCUT2D eigenvalue weighted by Gasteiger charge is 2.23. The number of rotatable bonds is 1. The Labute approximate surface area is 108 Å². The molecule has 0 saturated carbocycles. The Bertz CT molecular complexity index is 558. The van der Waals surface area contributed by atoms with Gasteiger partial charge in [-0.1, -0.05) is 26.8 Å². The standard InChI is InChI=1S/C15H21NS/c1-9-6-11-12(7-10(9)2)17-13(8-16)14(11)15(3,4)5/h6-7H,8,16H2,1-5H3. The van der Waals surface area contributed by atoms with Crippen LogP contribution >= 0.6 is 11.3 Å². The van der Waals surface area contributed by atoms with Crippen molar-refractivity contribution in [1.82, 2.24) is 0 Å². The first-order chi connectivity index (χ1) is 7.84. The molecule has 0 aliphatic rings. The Morgan fingerprint density at radius 2 is 1.71 bits per heavy atom. The van der Waals surface area contributed by atoms with Gasteiger partial charge in [-0.2, -0.15) is 0 Å². The minimum atomic E-state index is 0.161. The van der Waals surface area contributed by atoms with Crippen molar-refractivity contribution in [1.29, 1.82) is 0 Å². The Kier molecular flexibility index (Phi) is 3.04. The van der Waals surface area contributed by atoms with Gasteiger partial charge in [-0.15, -0.1) is 11.3 Å². The smallest absolute Gasteiger partial charge is 0.0352 e. The van der Waals surface area contributed by atoms with Gasteiger partial charge in [0.05, 0.1) is 0 Å². The summed E-state index contributed by atoms with van der Waals surface area (Å²) in [5.74, 6) is 0. The van der Waals surface area contributed by atoms with E-state index in [1.165, 1.54) is 31.7 Å². The molecule has 92 valence electrons. The van der Waals surface area contributed by atoms with Gasteiger partial charge < -0.3 is 5.73 Å². The minimum Gasteiger partial charge on any atom is -0.326 e. The summed E-state index contributed by atoms with van der Waals surface area (Å²) in [6.45, 7) is 11.8. The van der Waals surface area contributed by atoms with Crippen molar-refractivity contribution in [3.05, 3.63) is 33.7 Å². The van der Waals surface area contributed by atoms with Crippen molar-refractivity contribution >= 4 is 21.4 Å². The van der Waals surface area contributed by atoms with Gasteiger partial charge in [-0.25, -0.2) is 0 Å². The van der Waals surface area contributed by atoms with Crippen molar-refractivity contribution in [2.75, 3.05) is 0 Å². The van der Waals surface area contributed by atoms with Crippen LogP contribution in [0.4, 0.5) is 0 Å². The van der Waals surface area contributed by atoms with Crippen LogP contribution in [0.5, 0.6) is 0 Å². The molecule has 0 atom stereocenters. The fourth-order valence-electron chi connectivity index (χ4n) is 2.37. The highest BCUT2D eigenvalue weighted by molar-refractivity contribution is 7.19. The highest BCUT2D eigenvalue weighted by atomic mass is 32.1. The zero-order chi connectivity index (χ0) is 12.8. The van der Waals surface area contributed by atoms with E-state index in [4.69, 9.17) is 5.73 Å². The van der Waals surface area contributed by atoms with Crippen LogP contribution in [0.15, 0.2) is 12.1 Å². The number of fused-ring (bicyclic) bond motifs is 1. The Hall–Kier alpha value is -0.860. The maximum absolute atomic E-state index is 5.90. The zero-order valence-corrected chi connectivity index (χ0v) is 12.2. The van der Waals surface area contributed by atoms with E-state index >= 15 is 0 Å². The molecule has 0 amide bonds. The third kappa shape index (κ3) is 2.12.